The summed E-state index contributed by atoms with van der Waals surface area (Å²) in [5.74, 6) is 0.150. The highest BCUT2D eigenvalue weighted by atomic mass is 16.1. The highest BCUT2D eigenvalue weighted by Crippen LogP contribution is 2.16. The van der Waals surface area contributed by atoms with Gasteiger partial charge in [-0.25, -0.2) is 0 Å². The molecule has 2 heteroatoms. The third-order valence-electron chi connectivity index (χ3n) is 1.90. The third kappa shape index (κ3) is 4.02. The maximum atomic E-state index is 11.2. The first kappa shape index (κ1) is 12.1. The van der Waals surface area contributed by atoms with Crippen molar-refractivity contribution >= 4 is 12.0 Å². The number of aliphatic imine (C=N–C) groups is 1. The zero-order valence-corrected chi connectivity index (χ0v) is 9.05. The second-order valence-corrected chi connectivity index (χ2v) is 2.97. The van der Waals surface area contributed by atoms with Crippen LogP contribution in [0.1, 0.15) is 47.0 Å². The van der Waals surface area contributed by atoms with Crippen LogP contribution in [0.15, 0.2) is 16.3 Å². The quantitative estimate of drug-likeness (QED) is 0.473. The molecule has 0 amide bonds. The lowest BCUT2D eigenvalue weighted by Crippen LogP contribution is -1.99. The summed E-state index contributed by atoms with van der Waals surface area (Å²) in [6.45, 7) is 7.58. The van der Waals surface area contributed by atoms with Crippen LogP contribution in [-0.2, 0) is 4.79 Å². The summed E-state index contributed by atoms with van der Waals surface area (Å²) >= 11 is 0. The minimum absolute atomic E-state index is 0.150. The van der Waals surface area contributed by atoms with E-state index in [1.165, 1.54) is 0 Å². The molecule has 0 aliphatic rings. The van der Waals surface area contributed by atoms with E-state index in [2.05, 4.69) is 11.9 Å². The van der Waals surface area contributed by atoms with Crippen LogP contribution in [0.2, 0.25) is 0 Å². The molecule has 0 fully saturated rings. The van der Waals surface area contributed by atoms with Crippen LogP contribution in [0.4, 0.5) is 0 Å². The molecule has 0 spiro atoms. The van der Waals surface area contributed by atoms with Gasteiger partial charge in [0.25, 0.3) is 0 Å². The zero-order chi connectivity index (χ0) is 10.3. The molecule has 0 bridgehead atoms. The molecule has 0 unspecified atom stereocenters. The summed E-state index contributed by atoms with van der Waals surface area (Å²) in [5.41, 5.74) is 1.83. The first-order chi connectivity index (χ1) is 6.17. The van der Waals surface area contributed by atoms with E-state index >= 15 is 0 Å². The van der Waals surface area contributed by atoms with Gasteiger partial charge in [0.15, 0.2) is 5.78 Å². The molecule has 0 aliphatic carbocycles. The predicted molar refractivity (Wildman–Crippen MR) is 57.1 cm³/mol. The number of allylic oxidation sites excluding steroid dienone is 2. The number of hydrogen-bond donors (Lipinski definition) is 0. The predicted octanol–water partition coefficient (Wildman–Crippen LogP) is 3.13. The number of Topliss-reactive ketones (excluding diaryl/α,β-unsaturated/α-hetero) is 1. The summed E-state index contributed by atoms with van der Waals surface area (Å²) in [7, 11) is 0. The average Bonchev–Trinajstić information content (AvgIpc) is 2.05. The van der Waals surface area contributed by atoms with Gasteiger partial charge in [-0.3, -0.25) is 9.79 Å². The molecule has 0 heterocycles. The molecule has 0 saturated heterocycles. The Bertz CT molecular complexity index is 226. The highest BCUT2D eigenvalue weighted by molar-refractivity contribution is 5.94. The number of nitrogens with zero attached hydrogens (tertiary/aromatic N) is 1. The van der Waals surface area contributed by atoms with Gasteiger partial charge in [0.05, 0.1) is 0 Å². The Kier molecular flexibility index (Phi) is 6.11. The molecule has 0 atom stereocenters. The van der Waals surface area contributed by atoms with Gasteiger partial charge < -0.3 is 0 Å². The van der Waals surface area contributed by atoms with E-state index in [-0.39, 0.29) is 5.78 Å². The van der Waals surface area contributed by atoms with E-state index < -0.39 is 0 Å². The Balaban J connectivity index is 4.87. The topological polar surface area (TPSA) is 29.4 Å². The fourth-order valence-corrected chi connectivity index (χ4v) is 1.34. The summed E-state index contributed by atoms with van der Waals surface area (Å²) in [6.07, 6.45) is 4.46. The van der Waals surface area contributed by atoms with Crippen LogP contribution >= 0.6 is 0 Å². The average molecular weight is 181 g/mol. The second kappa shape index (κ2) is 6.58. The van der Waals surface area contributed by atoms with Gasteiger partial charge in [-0.1, -0.05) is 20.3 Å². The van der Waals surface area contributed by atoms with Crippen LogP contribution in [0.5, 0.6) is 0 Å². The molecule has 0 aromatic carbocycles. The van der Waals surface area contributed by atoms with Crippen molar-refractivity contribution in [2.75, 3.05) is 0 Å². The molecule has 0 saturated carbocycles. The van der Waals surface area contributed by atoms with Crippen LogP contribution in [0, 0.1) is 0 Å². The monoisotopic (exact) mass is 181 g/mol. The van der Waals surface area contributed by atoms with Crippen LogP contribution in [0.3, 0.4) is 0 Å². The van der Waals surface area contributed by atoms with Crippen molar-refractivity contribution in [1.82, 2.24) is 0 Å². The minimum atomic E-state index is 0.150. The lowest BCUT2D eigenvalue weighted by Gasteiger charge is -2.05. The summed E-state index contributed by atoms with van der Waals surface area (Å²) in [6, 6.07) is 0. The SMILES string of the molecule is CC=N/C(CCC)=C(/CC)C(C)=O. The number of ketones is 1. The summed E-state index contributed by atoms with van der Waals surface area (Å²) in [4.78, 5) is 15.5. The van der Waals surface area contributed by atoms with Gasteiger partial charge in [-0.15, -0.1) is 0 Å². The molecule has 0 aromatic rings. The fraction of sp³-hybridized carbons (Fsp3) is 0.636. The number of carbonyl (C=O) groups excluding carboxylic acids is 1. The Hall–Kier alpha value is -0.920. The maximum Gasteiger partial charge on any atom is 0.157 e. The first-order valence-electron chi connectivity index (χ1n) is 4.88. The van der Waals surface area contributed by atoms with Crippen molar-refractivity contribution in [2.24, 2.45) is 4.99 Å². The number of hydrogen-bond acceptors (Lipinski definition) is 2. The number of carbonyl (C=O) groups is 1. The Morgan fingerprint density at radius 3 is 2.31 bits per heavy atom. The number of rotatable bonds is 5. The lowest BCUT2D eigenvalue weighted by atomic mass is 10.0. The molecule has 0 aliphatic heterocycles. The lowest BCUT2D eigenvalue weighted by molar-refractivity contribution is -0.113. The molecular weight excluding hydrogens is 162 g/mol. The molecule has 13 heavy (non-hydrogen) atoms. The van der Waals surface area contributed by atoms with Crippen molar-refractivity contribution in [2.45, 2.75) is 47.0 Å². The molecule has 74 valence electrons. The van der Waals surface area contributed by atoms with Crippen molar-refractivity contribution in [3.05, 3.63) is 11.3 Å². The first-order valence-corrected chi connectivity index (χ1v) is 4.88. The third-order valence-corrected chi connectivity index (χ3v) is 1.90. The Morgan fingerprint density at radius 2 is 2.00 bits per heavy atom. The van der Waals surface area contributed by atoms with Gasteiger partial charge in [0.1, 0.15) is 0 Å². The maximum absolute atomic E-state index is 11.2. The Labute approximate surface area is 80.8 Å². The van der Waals surface area contributed by atoms with E-state index in [1.807, 2.05) is 13.8 Å². The van der Waals surface area contributed by atoms with Crippen LogP contribution in [0.25, 0.3) is 0 Å². The molecule has 0 radical (unpaired) electrons. The van der Waals surface area contributed by atoms with Crippen LogP contribution in [-0.4, -0.2) is 12.0 Å². The molecule has 2 nitrogen and oxygen atoms in total. The van der Waals surface area contributed by atoms with Gasteiger partial charge in [-0.05, 0) is 26.7 Å². The van der Waals surface area contributed by atoms with Gasteiger partial charge in [0.2, 0.25) is 0 Å². The molecule has 0 aromatic heterocycles. The van der Waals surface area contributed by atoms with E-state index in [0.717, 1.165) is 30.5 Å². The smallest absolute Gasteiger partial charge is 0.157 e. The second-order valence-electron chi connectivity index (χ2n) is 2.97. The highest BCUT2D eigenvalue weighted by Gasteiger charge is 2.07. The van der Waals surface area contributed by atoms with Crippen molar-refractivity contribution in [3.63, 3.8) is 0 Å². The molecule has 0 N–H and O–H groups in total. The normalized spacial score (nSPS) is 13.2. The van der Waals surface area contributed by atoms with Crippen molar-refractivity contribution in [3.8, 4) is 0 Å². The Morgan fingerprint density at radius 1 is 1.38 bits per heavy atom. The van der Waals surface area contributed by atoms with Crippen molar-refractivity contribution in [1.29, 1.82) is 0 Å². The van der Waals surface area contributed by atoms with Gasteiger partial charge >= 0.3 is 0 Å². The summed E-state index contributed by atoms with van der Waals surface area (Å²) < 4.78 is 0. The minimum Gasteiger partial charge on any atom is -0.295 e. The van der Waals surface area contributed by atoms with Crippen molar-refractivity contribution < 1.29 is 4.79 Å². The van der Waals surface area contributed by atoms with Gasteiger partial charge in [-0.2, -0.15) is 0 Å². The molecular formula is C11H19NO. The molecule has 0 rings (SSSR count). The largest absolute Gasteiger partial charge is 0.295 e. The standard InChI is InChI=1S/C11H19NO/c1-5-8-11(12-7-3)10(6-2)9(4)13/h7H,5-6,8H2,1-4H3/b11-10-,12-7?. The zero-order valence-electron chi connectivity index (χ0n) is 9.05. The van der Waals surface area contributed by atoms with E-state index in [9.17, 15) is 4.79 Å². The van der Waals surface area contributed by atoms with Gasteiger partial charge in [0, 0.05) is 17.5 Å². The van der Waals surface area contributed by atoms with Crippen LogP contribution < -0.4 is 0 Å². The summed E-state index contributed by atoms with van der Waals surface area (Å²) in [5, 5.41) is 0. The van der Waals surface area contributed by atoms with E-state index in [0.29, 0.717) is 0 Å². The van der Waals surface area contributed by atoms with E-state index in [1.54, 1.807) is 13.1 Å². The van der Waals surface area contributed by atoms with E-state index in [4.69, 9.17) is 0 Å². The fourth-order valence-electron chi connectivity index (χ4n) is 1.34.